The molecule has 1 heterocycles. The van der Waals surface area contributed by atoms with Gasteiger partial charge < -0.3 is 10.1 Å². The second-order valence-corrected chi connectivity index (χ2v) is 6.63. The summed E-state index contributed by atoms with van der Waals surface area (Å²) < 4.78 is 5.60. The Bertz CT molecular complexity index is 620. The van der Waals surface area contributed by atoms with Gasteiger partial charge >= 0.3 is 0 Å². The quantitative estimate of drug-likeness (QED) is 0.730. The number of carbonyl (C=O) groups excluding carboxylic acids is 1. The van der Waals surface area contributed by atoms with E-state index in [1.807, 2.05) is 17.5 Å². The van der Waals surface area contributed by atoms with Gasteiger partial charge in [0, 0.05) is 16.9 Å². The molecule has 0 aliphatic carbocycles. The molecule has 0 aliphatic heterocycles. The zero-order valence-corrected chi connectivity index (χ0v) is 14.8. The van der Waals surface area contributed by atoms with Crippen LogP contribution in [0.4, 0.5) is 0 Å². The SMILES string of the molecule is CCCCOc1ccc(C(=O)NCc2csc(C(C)C)n2)cc1. The fourth-order valence-electron chi connectivity index (χ4n) is 1.98. The number of hydrogen-bond donors (Lipinski definition) is 1. The lowest BCUT2D eigenvalue weighted by Crippen LogP contribution is -2.22. The van der Waals surface area contributed by atoms with Crippen molar-refractivity contribution in [1.29, 1.82) is 0 Å². The van der Waals surface area contributed by atoms with Gasteiger partial charge in [0.1, 0.15) is 5.75 Å². The van der Waals surface area contributed by atoms with E-state index >= 15 is 0 Å². The summed E-state index contributed by atoms with van der Waals surface area (Å²) in [6.07, 6.45) is 2.14. The first-order valence-electron chi connectivity index (χ1n) is 8.05. The van der Waals surface area contributed by atoms with E-state index in [9.17, 15) is 4.79 Å². The maximum atomic E-state index is 12.2. The lowest BCUT2D eigenvalue weighted by atomic mass is 10.2. The Morgan fingerprint density at radius 1 is 1.30 bits per heavy atom. The summed E-state index contributed by atoms with van der Waals surface area (Å²) in [4.78, 5) is 16.7. The number of benzene rings is 1. The van der Waals surface area contributed by atoms with Gasteiger partial charge in [-0.15, -0.1) is 11.3 Å². The smallest absolute Gasteiger partial charge is 0.251 e. The summed E-state index contributed by atoms with van der Waals surface area (Å²) in [6.45, 7) is 7.53. The van der Waals surface area contributed by atoms with Gasteiger partial charge in [0.25, 0.3) is 5.91 Å². The molecule has 1 N–H and O–H groups in total. The fraction of sp³-hybridized carbons (Fsp3) is 0.444. The van der Waals surface area contributed by atoms with E-state index in [2.05, 4.69) is 31.1 Å². The Morgan fingerprint density at radius 2 is 2.04 bits per heavy atom. The number of rotatable bonds is 8. The highest BCUT2D eigenvalue weighted by Crippen LogP contribution is 2.19. The van der Waals surface area contributed by atoms with Crippen LogP contribution in [0.2, 0.25) is 0 Å². The van der Waals surface area contributed by atoms with Crippen molar-refractivity contribution in [3.05, 3.63) is 45.9 Å². The maximum absolute atomic E-state index is 12.2. The number of aromatic nitrogens is 1. The van der Waals surface area contributed by atoms with Crippen LogP contribution < -0.4 is 10.1 Å². The van der Waals surface area contributed by atoms with E-state index in [1.165, 1.54) is 0 Å². The minimum Gasteiger partial charge on any atom is -0.494 e. The minimum atomic E-state index is -0.0933. The lowest BCUT2D eigenvalue weighted by Gasteiger charge is -2.07. The van der Waals surface area contributed by atoms with Crippen LogP contribution in [0.3, 0.4) is 0 Å². The van der Waals surface area contributed by atoms with Crippen LogP contribution in [0.5, 0.6) is 5.75 Å². The Kier molecular flexibility index (Phi) is 6.59. The van der Waals surface area contributed by atoms with Crippen molar-refractivity contribution in [3.63, 3.8) is 0 Å². The first-order chi connectivity index (χ1) is 11.1. The second kappa shape index (κ2) is 8.67. The van der Waals surface area contributed by atoms with Crippen LogP contribution in [-0.2, 0) is 6.54 Å². The largest absolute Gasteiger partial charge is 0.494 e. The molecule has 0 unspecified atom stereocenters. The first-order valence-corrected chi connectivity index (χ1v) is 8.93. The number of nitrogens with one attached hydrogen (secondary N) is 1. The molecule has 0 saturated heterocycles. The molecule has 0 atom stereocenters. The number of nitrogens with zero attached hydrogens (tertiary/aromatic N) is 1. The molecule has 1 aromatic heterocycles. The van der Waals surface area contributed by atoms with Crippen molar-refractivity contribution in [2.75, 3.05) is 6.61 Å². The van der Waals surface area contributed by atoms with Crippen LogP contribution in [0.15, 0.2) is 29.6 Å². The van der Waals surface area contributed by atoms with Crippen molar-refractivity contribution in [3.8, 4) is 5.75 Å². The first kappa shape index (κ1) is 17.5. The van der Waals surface area contributed by atoms with E-state index in [4.69, 9.17) is 4.74 Å². The summed E-state index contributed by atoms with van der Waals surface area (Å²) >= 11 is 1.64. The van der Waals surface area contributed by atoms with Gasteiger partial charge in [-0.3, -0.25) is 4.79 Å². The van der Waals surface area contributed by atoms with Crippen molar-refractivity contribution in [2.45, 2.75) is 46.1 Å². The lowest BCUT2D eigenvalue weighted by molar-refractivity contribution is 0.0950. The third kappa shape index (κ3) is 5.36. The third-order valence-corrected chi connectivity index (χ3v) is 4.57. The Morgan fingerprint density at radius 3 is 2.65 bits per heavy atom. The van der Waals surface area contributed by atoms with Gasteiger partial charge in [0.15, 0.2) is 0 Å². The van der Waals surface area contributed by atoms with E-state index in [1.54, 1.807) is 23.5 Å². The van der Waals surface area contributed by atoms with E-state index in [0.29, 0.717) is 24.6 Å². The third-order valence-electron chi connectivity index (χ3n) is 3.38. The van der Waals surface area contributed by atoms with Crippen molar-refractivity contribution >= 4 is 17.2 Å². The average Bonchev–Trinajstić information content (AvgIpc) is 3.03. The van der Waals surface area contributed by atoms with Crippen molar-refractivity contribution in [1.82, 2.24) is 10.3 Å². The molecule has 0 bridgehead atoms. The summed E-state index contributed by atoms with van der Waals surface area (Å²) in [5.74, 6) is 1.13. The molecule has 1 amide bonds. The molecule has 0 fully saturated rings. The van der Waals surface area contributed by atoms with E-state index < -0.39 is 0 Å². The highest BCUT2D eigenvalue weighted by atomic mass is 32.1. The fourth-order valence-corrected chi connectivity index (χ4v) is 2.81. The number of thiazole rings is 1. The summed E-state index contributed by atoms with van der Waals surface area (Å²) in [5, 5.41) is 6.00. The number of carbonyl (C=O) groups is 1. The van der Waals surface area contributed by atoms with Crippen LogP contribution in [0.25, 0.3) is 0 Å². The number of hydrogen-bond acceptors (Lipinski definition) is 4. The van der Waals surface area contributed by atoms with E-state index in [-0.39, 0.29) is 5.91 Å². The molecule has 1 aromatic carbocycles. The van der Waals surface area contributed by atoms with Crippen LogP contribution in [0.1, 0.15) is 60.6 Å². The number of ether oxygens (including phenoxy) is 1. The standard InChI is InChI=1S/C18H24N2O2S/c1-4-5-10-22-16-8-6-14(7-9-16)17(21)19-11-15-12-23-18(20-15)13(2)3/h6-9,12-13H,4-5,10-11H2,1-3H3,(H,19,21). The Balaban J connectivity index is 1.85. The average molecular weight is 332 g/mol. The summed E-state index contributed by atoms with van der Waals surface area (Å²) in [6, 6.07) is 7.25. The molecule has 5 heteroatoms. The molecule has 4 nitrogen and oxygen atoms in total. The van der Waals surface area contributed by atoms with Crippen LogP contribution in [0, 0.1) is 0 Å². The van der Waals surface area contributed by atoms with Gasteiger partial charge in [0.05, 0.1) is 23.9 Å². The zero-order chi connectivity index (χ0) is 16.7. The molecule has 0 aliphatic rings. The summed E-state index contributed by atoms with van der Waals surface area (Å²) in [7, 11) is 0. The second-order valence-electron chi connectivity index (χ2n) is 5.74. The number of amides is 1. The normalized spacial score (nSPS) is 10.8. The van der Waals surface area contributed by atoms with Crippen LogP contribution in [-0.4, -0.2) is 17.5 Å². The molecule has 2 rings (SSSR count). The molecule has 0 spiro atoms. The molecule has 2 aromatic rings. The monoisotopic (exact) mass is 332 g/mol. The zero-order valence-electron chi connectivity index (χ0n) is 14.0. The molecule has 124 valence electrons. The maximum Gasteiger partial charge on any atom is 0.251 e. The molecule has 23 heavy (non-hydrogen) atoms. The summed E-state index contributed by atoms with van der Waals surface area (Å²) in [5.41, 5.74) is 1.54. The van der Waals surface area contributed by atoms with Gasteiger partial charge in [-0.25, -0.2) is 4.98 Å². The van der Waals surface area contributed by atoms with Crippen molar-refractivity contribution in [2.24, 2.45) is 0 Å². The van der Waals surface area contributed by atoms with Crippen LogP contribution >= 0.6 is 11.3 Å². The predicted molar refractivity (Wildman–Crippen MR) is 94.2 cm³/mol. The van der Waals surface area contributed by atoms with Gasteiger partial charge in [-0.1, -0.05) is 27.2 Å². The topological polar surface area (TPSA) is 51.2 Å². The minimum absolute atomic E-state index is 0.0933. The van der Waals surface area contributed by atoms with Gasteiger partial charge in [-0.05, 0) is 30.7 Å². The molecular formula is C18H24N2O2S. The Labute approximate surface area is 141 Å². The predicted octanol–water partition coefficient (Wildman–Crippen LogP) is 4.38. The van der Waals surface area contributed by atoms with Gasteiger partial charge in [-0.2, -0.15) is 0 Å². The molecular weight excluding hydrogens is 308 g/mol. The molecule has 0 radical (unpaired) electrons. The highest BCUT2D eigenvalue weighted by molar-refractivity contribution is 7.09. The van der Waals surface area contributed by atoms with Crippen molar-refractivity contribution < 1.29 is 9.53 Å². The Hall–Kier alpha value is -1.88. The van der Waals surface area contributed by atoms with Gasteiger partial charge in [0.2, 0.25) is 0 Å². The molecule has 0 saturated carbocycles. The van der Waals surface area contributed by atoms with E-state index in [0.717, 1.165) is 29.3 Å². The number of unbranched alkanes of at least 4 members (excludes halogenated alkanes) is 1. The highest BCUT2D eigenvalue weighted by Gasteiger charge is 2.09.